The van der Waals surface area contributed by atoms with E-state index >= 15 is 0 Å². The Morgan fingerprint density at radius 3 is 1.09 bits per heavy atom. The summed E-state index contributed by atoms with van der Waals surface area (Å²) in [4.78, 5) is 0. The van der Waals surface area contributed by atoms with Crippen molar-refractivity contribution in [2.45, 2.75) is 0 Å². The number of hydrogen-bond donors (Lipinski definition) is 0. The van der Waals surface area contributed by atoms with E-state index in [1.165, 1.54) is 10.3 Å². The second-order valence-corrected chi connectivity index (χ2v) is 5.68. The summed E-state index contributed by atoms with van der Waals surface area (Å²) >= 11 is 7.40. The third kappa shape index (κ3) is 11.1. The third-order valence-electron chi connectivity index (χ3n) is 3.58. The number of isothiocyanates is 2. The Bertz CT molecular complexity index is 989. The number of methoxy groups -OCH3 is 2. The Hall–Kier alpha value is -3.46. The molecule has 2 aromatic carbocycles. The molecule has 0 spiro atoms. The standard InChI is InChI=1S/2C9H9N3O.2CNS.Zn/c2*1-13-9-4-2-8(3-5-9)12-6-10-11-7-12;2*2-1-3;/h2*2-7H,1H3;;;/q;;2*-1;+2. The molecule has 0 aliphatic carbocycles. The van der Waals surface area contributed by atoms with Crippen LogP contribution in [0.2, 0.25) is 0 Å². The van der Waals surface area contributed by atoms with E-state index in [2.05, 4.69) is 44.8 Å². The topological polar surface area (TPSA) is 124 Å². The average molecular weight is 532 g/mol. The average Bonchev–Trinajstić information content (AvgIpc) is 3.55. The van der Waals surface area contributed by atoms with Gasteiger partial charge in [0.2, 0.25) is 0 Å². The van der Waals surface area contributed by atoms with Gasteiger partial charge in [-0.15, -0.1) is 20.4 Å². The zero-order chi connectivity index (χ0) is 23.6. The molecule has 0 bridgehead atoms. The largest absolute Gasteiger partial charge is 2.00 e. The molecule has 0 fully saturated rings. The molecule has 0 aliphatic heterocycles. The number of nitrogens with zero attached hydrogens (tertiary/aromatic N) is 8. The molecule has 2 aromatic heterocycles. The maximum Gasteiger partial charge on any atom is 2.00 e. The van der Waals surface area contributed by atoms with E-state index in [9.17, 15) is 0 Å². The van der Waals surface area contributed by atoms with Crippen molar-refractivity contribution in [2.75, 3.05) is 14.2 Å². The number of aromatic nitrogens is 6. The first-order valence-electron chi connectivity index (χ1n) is 8.64. The molecule has 0 radical (unpaired) electrons. The molecule has 4 rings (SSSR count). The fourth-order valence-electron chi connectivity index (χ4n) is 2.18. The van der Waals surface area contributed by atoms with Gasteiger partial charge in [-0.1, -0.05) is 24.4 Å². The molecular weight excluding hydrogens is 514 g/mol. The third-order valence-corrected chi connectivity index (χ3v) is 3.58. The van der Waals surface area contributed by atoms with Crippen molar-refractivity contribution in [1.29, 1.82) is 0 Å². The smallest absolute Gasteiger partial charge is 0.753 e. The molecule has 0 amide bonds. The molecule has 0 saturated carbocycles. The van der Waals surface area contributed by atoms with Gasteiger partial charge in [-0.05, 0) is 48.5 Å². The van der Waals surface area contributed by atoms with Gasteiger partial charge in [0.25, 0.3) is 0 Å². The number of ether oxygens (including phenoxy) is 2. The van der Waals surface area contributed by atoms with Crippen LogP contribution in [0.15, 0.2) is 73.8 Å². The normalized spacial score (nSPS) is 8.30. The van der Waals surface area contributed by atoms with Crippen molar-refractivity contribution in [2.24, 2.45) is 0 Å². The molecule has 164 valence electrons. The maximum atomic E-state index is 7.13. The first-order valence-corrected chi connectivity index (χ1v) is 9.45. The van der Waals surface area contributed by atoms with Crippen molar-refractivity contribution in [3.05, 3.63) is 84.7 Å². The van der Waals surface area contributed by atoms with Crippen LogP contribution in [0.1, 0.15) is 0 Å². The van der Waals surface area contributed by atoms with Crippen molar-refractivity contribution in [3.8, 4) is 22.9 Å². The van der Waals surface area contributed by atoms with Crippen LogP contribution in [0.5, 0.6) is 11.5 Å². The fourth-order valence-corrected chi connectivity index (χ4v) is 2.18. The van der Waals surface area contributed by atoms with E-state index < -0.39 is 0 Å². The zero-order valence-electron chi connectivity index (χ0n) is 17.8. The van der Waals surface area contributed by atoms with Gasteiger partial charge in [0.1, 0.15) is 36.8 Å². The van der Waals surface area contributed by atoms with Crippen LogP contribution in [-0.4, -0.2) is 54.1 Å². The van der Waals surface area contributed by atoms with Gasteiger partial charge in [0.15, 0.2) is 0 Å². The Morgan fingerprint density at radius 2 is 0.879 bits per heavy atom. The summed E-state index contributed by atoms with van der Waals surface area (Å²) in [7, 11) is 3.29. The first-order chi connectivity index (χ1) is 15.6. The Labute approximate surface area is 214 Å². The van der Waals surface area contributed by atoms with Crippen LogP contribution < -0.4 is 9.47 Å². The second kappa shape index (κ2) is 18.1. The van der Waals surface area contributed by atoms with E-state index in [-0.39, 0.29) is 19.5 Å². The molecular formula is C20H18N8O2S2Zn. The van der Waals surface area contributed by atoms with Gasteiger partial charge in [0.05, 0.1) is 14.2 Å². The van der Waals surface area contributed by atoms with Gasteiger partial charge in [-0.3, -0.25) is 9.13 Å². The summed E-state index contributed by atoms with van der Waals surface area (Å²) in [6.45, 7) is 0. The maximum absolute atomic E-state index is 7.13. The minimum atomic E-state index is 0. The molecule has 0 aliphatic rings. The second-order valence-electron chi connectivity index (χ2n) is 5.32. The molecule has 13 heteroatoms. The summed E-state index contributed by atoms with van der Waals surface area (Å²) in [5, 5.41) is 31.8. The van der Waals surface area contributed by atoms with Crippen molar-refractivity contribution in [3.63, 3.8) is 0 Å². The summed E-state index contributed by atoms with van der Waals surface area (Å²) in [5.41, 5.74) is 2.04. The molecule has 4 aromatic rings. The molecule has 0 N–H and O–H groups in total. The summed E-state index contributed by atoms with van der Waals surface area (Å²) < 4.78 is 13.8. The Kier molecular flexibility index (Phi) is 16.2. The van der Waals surface area contributed by atoms with Gasteiger partial charge in [0, 0.05) is 11.4 Å². The summed E-state index contributed by atoms with van der Waals surface area (Å²) in [6.07, 6.45) is 6.62. The Morgan fingerprint density at radius 1 is 0.636 bits per heavy atom. The first kappa shape index (κ1) is 29.5. The molecule has 0 saturated heterocycles. The van der Waals surface area contributed by atoms with Gasteiger partial charge in [-0.2, -0.15) is 10.3 Å². The van der Waals surface area contributed by atoms with E-state index in [0.717, 1.165) is 22.9 Å². The SMILES string of the molecule is COc1ccc(-n2cnnc2)cc1.COc1ccc(-n2cnnc2)cc1.[N-]=C=S.[N-]=C=S.[Zn+2]. The molecule has 2 heterocycles. The van der Waals surface area contributed by atoms with Crippen LogP contribution in [0.3, 0.4) is 0 Å². The van der Waals surface area contributed by atoms with Gasteiger partial charge >= 0.3 is 19.5 Å². The minimum Gasteiger partial charge on any atom is -0.753 e. The van der Waals surface area contributed by atoms with Crippen LogP contribution in [0.25, 0.3) is 22.2 Å². The summed E-state index contributed by atoms with van der Waals surface area (Å²) in [6, 6.07) is 15.4. The molecule has 33 heavy (non-hydrogen) atoms. The number of benzene rings is 2. The van der Waals surface area contributed by atoms with Crippen LogP contribution in [-0.2, 0) is 19.5 Å². The minimum absolute atomic E-state index is 0. The molecule has 0 unspecified atom stereocenters. The van der Waals surface area contributed by atoms with E-state index in [1.54, 1.807) is 39.5 Å². The number of rotatable bonds is 4. The molecule has 0 atom stereocenters. The van der Waals surface area contributed by atoms with Crippen molar-refractivity contribution in [1.82, 2.24) is 29.5 Å². The summed E-state index contributed by atoms with van der Waals surface area (Å²) in [5.74, 6) is 1.69. The predicted octanol–water partition coefficient (Wildman–Crippen LogP) is 3.87. The van der Waals surface area contributed by atoms with E-state index in [4.69, 9.17) is 20.3 Å². The van der Waals surface area contributed by atoms with Crippen molar-refractivity contribution < 1.29 is 29.0 Å². The number of hydrogen-bond acceptors (Lipinski definition) is 8. The zero-order valence-corrected chi connectivity index (χ0v) is 22.4. The predicted molar refractivity (Wildman–Crippen MR) is 128 cm³/mol. The number of thiocarbonyl (C=S) groups is 2. The monoisotopic (exact) mass is 530 g/mol. The van der Waals surface area contributed by atoms with Gasteiger partial charge in [-0.25, -0.2) is 0 Å². The fraction of sp³-hybridized carbons (Fsp3) is 0.100. The quantitative estimate of drug-likeness (QED) is 0.221. The van der Waals surface area contributed by atoms with Crippen LogP contribution in [0, 0.1) is 0 Å². The Balaban J connectivity index is 0.000000491. The van der Waals surface area contributed by atoms with Crippen LogP contribution >= 0.6 is 24.4 Å². The molecule has 10 nitrogen and oxygen atoms in total. The van der Waals surface area contributed by atoms with Crippen LogP contribution in [0.4, 0.5) is 0 Å². The van der Waals surface area contributed by atoms with E-state index in [1.807, 2.05) is 57.7 Å². The van der Waals surface area contributed by atoms with Crippen molar-refractivity contribution >= 4 is 34.8 Å². The van der Waals surface area contributed by atoms with Gasteiger partial charge < -0.3 is 20.3 Å². The van der Waals surface area contributed by atoms with E-state index in [0.29, 0.717) is 0 Å².